The molecule has 0 radical (unpaired) electrons. The number of nitrogens with zero attached hydrogens (tertiary/aromatic N) is 5. The summed E-state index contributed by atoms with van der Waals surface area (Å²) < 4.78 is 2.26. The fourth-order valence-corrected chi connectivity index (χ4v) is 4.19. The minimum atomic E-state index is 0.0419. The Morgan fingerprint density at radius 3 is 2.90 bits per heavy atom. The minimum Gasteiger partial charge on any atom is -0.326 e. The highest BCUT2D eigenvalue weighted by molar-refractivity contribution is 5.94. The van der Waals surface area contributed by atoms with Crippen LogP contribution in [0.2, 0.25) is 0 Å². The molecule has 4 heterocycles. The Bertz CT molecular complexity index is 1050. The standard InChI is InChI=1S/C21H25N7O/c1-27-7-4-14(5-8-27)21(29)24-19-11-16-10-15(2-3-17(16)25-26-19)18-12-23-20-13-22-6-9-28(18)20/h2-3,10-12,14,22H,4-9,13H2,1H3,(H,24,26,29). The molecular formula is C21H25N7O. The number of fused-ring (bicyclic) bond motifs is 2. The number of benzene rings is 1. The Morgan fingerprint density at radius 2 is 2.03 bits per heavy atom. The van der Waals surface area contributed by atoms with Gasteiger partial charge in [0.15, 0.2) is 5.82 Å². The predicted molar refractivity (Wildman–Crippen MR) is 111 cm³/mol. The fourth-order valence-electron chi connectivity index (χ4n) is 4.19. The van der Waals surface area contributed by atoms with Gasteiger partial charge >= 0.3 is 0 Å². The lowest BCUT2D eigenvalue weighted by atomic mass is 9.96. The minimum absolute atomic E-state index is 0.0419. The second-order valence-electron chi connectivity index (χ2n) is 7.96. The second kappa shape index (κ2) is 7.53. The molecule has 3 aromatic rings. The van der Waals surface area contributed by atoms with E-state index in [1.165, 1.54) is 0 Å². The van der Waals surface area contributed by atoms with Gasteiger partial charge in [-0.1, -0.05) is 6.07 Å². The van der Waals surface area contributed by atoms with Gasteiger partial charge in [0.1, 0.15) is 5.82 Å². The van der Waals surface area contributed by atoms with Crippen LogP contribution in [0.25, 0.3) is 22.2 Å². The predicted octanol–water partition coefficient (Wildman–Crippen LogP) is 1.88. The number of hydrogen-bond acceptors (Lipinski definition) is 6. The number of anilines is 1. The smallest absolute Gasteiger partial charge is 0.228 e. The molecule has 0 atom stereocenters. The van der Waals surface area contributed by atoms with E-state index in [1.54, 1.807) is 0 Å². The molecule has 0 unspecified atom stereocenters. The lowest BCUT2D eigenvalue weighted by molar-refractivity contribution is -0.121. The van der Waals surface area contributed by atoms with Crippen LogP contribution in [0, 0.1) is 5.92 Å². The largest absolute Gasteiger partial charge is 0.326 e. The van der Waals surface area contributed by atoms with E-state index in [9.17, 15) is 4.79 Å². The summed E-state index contributed by atoms with van der Waals surface area (Å²) in [5, 5.41) is 15.8. The van der Waals surface area contributed by atoms with E-state index in [2.05, 4.69) is 54.5 Å². The first-order chi connectivity index (χ1) is 14.2. The third-order valence-electron chi connectivity index (χ3n) is 5.96. The number of rotatable bonds is 3. The maximum atomic E-state index is 12.6. The van der Waals surface area contributed by atoms with Crippen LogP contribution in [0.5, 0.6) is 0 Å². The summed E-state index contributed by atoms with van der Waals surface area (Å²) in [6.07, 6.45) is 3.70. The molecule has 0 saturated carbocycles. The SMILES string of the molecule is CN1CCC(C(=O)Nc2cc3cc(-c4cnc5n4CCNC5)ccc3nn2)CC1. The van der Waals surface area contributed by atoms with Crippen molar-refractivity contribution >= 4 is 22.6 Å². The van der Waals surface area contributed by atoms with E-state index in [4.69, 9.17) is 0 Å². The van der Waals surface area contributed by atoms with Crippen LogP contribution in [0.4, 0.5) is 5.82 Å². The van der Waals surface area contributed by atoms with E-state index in [0.717, 1.165) is 73.6 Å². The van der Waals surface area contributed by atoms with Gasteiger partial charge in [0.05, 0.1) is 24.0 Å². The molecule has 29 heavy (non-hydrogen) atoms. The van der Waals surface area contributed by atoms with Crippen molar-refractivity contribution in [3.05, 3.63) is 36.3 Å². The lowest BCUT2D eigenvalue weighted by Gasteiger charge is -2.27. The average Bonchev–Trinajstić information content (AvgIpc) is 3.18. The van der Waals surface area contributed by atoms with E-state index in [1.807, 2.05) is 18.3 Å². The molecule has 8 nitrogen and oxygen atoms in total. The first kappa shape index (κ1) is 18.2. The van der Waals surface area contributed by atoms with Gasteiger partial charge in [-0.2, -0.15) is 0 Å². The first-order valence-corrected chi connectivity index (χ1v) is 10.2. The summed E-state index contributed by atoms with van der Waals surface area (Å²) in [5.74, 6) is 1.66. The van der Waals surface area contributed by atoms with Crippen molar-refractivity contribution in [1.29, 1.82) is 0 Å². The molecule has 2 N–H and O–H groups in total. The molecule has 150 valence electrons. The molecule has 2 aromatic heterocycles. The van der Waals surface area contributed by atoms with Gasteiger partial charge in [-0.05, 0) is 51.2 Å². The van der Waals surface area contributed by atoms with E-state index in [0.29, 0.717) is 5.82 Å². The molecule has 2 aliphatic rings. The number of likely N-dealkylation sites (tertiary alicyclic amines) is 1. The van der Waals surface area contributed by atoms with Gasteiger partial charge in [0.25, 0.3) is 0 Å². The quantitative estimate of drug-likeness (QED) is 0.709. The van der Waals surface area contributed by atoms with Gasteiger partial charge < -0.3 is 20.1 Å². The average molecular weight is 391 g/mol. The molecular weight excluding hydrogens is 366 g/mol. The fraction of sp³-hybridized carbons (Fsp3) is 0.429. The number of carbonyl (C=O) groups excluding carboxylic acids is 1. The van der Waals surface area contributed by atoms with Gasteiger partial charge in [0, 0.05) is 30.0 Å². The van der Waals surface area contributed by atoms with Crippen molar-refractivity contribution in [2.75, 3.05) is 32.0 Å². The first-order valence-electron chi connectivity index (χ1n) is 10.2. The Labute approximate surface area is 169 Å². The van der Waals surface area contributed by atoms with Gasteiger partial charge in [-0.25, -0.2) is 4.98 Å². The van der Waals surface area contributed by atoms with Crippen LogP contribution >= 0.6 is 0 Å². The maximum absolute atomic E-state index is 12.6. The summed E-state index contributed by atoms with van der Waals surface area (Å²) in [7, 11) is 2.09. The number of aromatic nitrogens is 4. The second-order valence-corrected chi connectivity index (χ2v) is 7.96. The molecule has 8 heteroatoms. The molecule has 0 bridgehead atoms. The number of amides is 1. The molecule has 1 amide bonds. The summed E-state index contributed by atoms with van der Waals surface area (Å²) >= 11 is 0. The number of hydrogen-bond donors (Lipinski definition) is 2. The molecule has 1 fully saturated rings. The highest BCUT2D eigenvalue weighted by Gasteiger charge is 2.24. The number of piperidine rings is 1. The third kappa shape index (κ3) is 3.61. The Kier molecular flexibility index (Phi) is 4.73. The van der Waals surface area contributed by atoms with E-state index < -0.39 is 0 Å². The van der Waals surface area contributed by atoms with Gasteiger partial charge in [0.2, 0.25) is 5.91 Å². The Balaban J connectivity index is 1.40. The highest BCUT2D eigenvalue weighted by Crippen LogP contribution is 2.26. The van der Waals surface area contributed by atoms with Crippen LogP contribution in [-0.2, 0) is 17.9 Å². The zero-order valence-corrected chi connectivity index (χ0v) is 16.6. The molecule has 1 saturated heterocycles. The summed E-state index contributed by atoms with van der Waals surface area (Å²) in [4.78, 5) is 19.4. The van der Waals surface area contributed by atoms with Crippen LogP contribution < -0.4 is 10.6 Å². The third-order valence-corrected chi connectivity index (χ3v) is 5.96. The lowest BCUT2D eigenvalue weighted by Crippen LogP contribution is -2.36. The monoisotopic (exact) mass is 391 g/mol. The summed E-state index contributed by atoms with van der Waals surface area (Å²) in [6.45, 7) is 4.57. The molecule has 2 aliphatic heterocycles. The Morgan fingerprint density at radius 1 is 1.17 bits per heavy atom. The number of imidazole rings is 1. The van der Waals surface area contributed by atoms with E-state index >= 15 is 0 Å². The van der Waals surface area contributed by atoms with Crippen molar-refractivity contribution in [3.8, 4) is 11.3 Å². The van der Waals surface area contributed by atoms with Gasteiger partial charge in [-0.3, -0.25) is 4.79 Å². The molecule has 0 spiro atoms. The van der Waals surface area contributed by atoms with Crippen molar-refractivity contribution in [1.82, 2.24) is 30.0 Å². The van der Waals surface area contributed by atoms with Crippen molar-refractivity contribution in [2.24, 2.45) is 5.92 Å². The van der Waals surface area contributed by atoms with Crippen molar-refractivity contribution in [3.63, 3.8) is 0 Å². The van der Waals surface area contributed by atoms with E-state index in [-0.39, 0.29) is 11.8 Å². The van der Waals surface area contributed by atoms with Crippen LogP contribution in [0.3, 0.4) is 0 Å². The molecule has 0 aliphatic carbocycles. The zero-order valence-electron chi connectivity index (χ0n) is 16.6. The van der Waals surface area contributed by atoms with Crippen LogP contribution in [-0.4, -0.2) is 57.2 Å². The molecule has 5 rings (SSSR count). The normalized spacial score (nSPS) is 18.0. The summed E-state index contributed by atoms with van der Waals surface area (Å²) in [5.41, 5.74) is 3.02. The topological polar surface area (TPSA) is 88.0 Å². The highest BCUT2D eigenvalue weighted by atomic mass is 16.2. The van der Waals surface area contributed by atoms with Crippen molar-refractivity contribution < 1.29 is 4.79 Å². The number of nitrogens with one attached hydrogen (secondary N) is 2. The van der Waals surface area contributed by atoms with Crippen LogP contribution in [0.15, 0.2) is 30.5 Å². The van der Waals surface area contributed by atoms with Crippen LogP contribution in [0.1, 0.15) is 18.7 Å². The van der Waals surface area contributed by atoms with Gasteiger partial charge in [-0.15, -0.1) is 10.2 Å². The maximum Gasteiger partial charge on any atom is 0.228 e. The zero-order chi connectivity index (χ0) is 19.8. The van der Waals surface area contributed by atoms with Crippen molar-refractivity contribution in [2.45, 2.75) is 25.9 Å². The Hall–Kier alpha value is -2.84. The molecule has 1 aromatic carbocycles. The number of carbonyl (C=O) groups is 1. The summed E-state index contributed by atoms with van der Waals surface area (Å²) in [6, 6.07) is 8.04.